The lowest BCUT2D eigenvalue weighted by Gasteiger charge is -2.08. The van der Waals surface area contributed by atoms with Crippen LogP contribution >= 0.6 is 11.3 Å². The van der Waals surface area contributed by atoms with Crippen molar-refractivity contribution in [3.05, 3.63) is 45.9 Å². The molecule has 0 aliphatic rings. The number of hydrogen-bond donors (Lipinski definition) is 2. The van der Waals surface area contributed by atoms with Crippen LogP contribution in [0.4, 0.5) is 4.79 Å². The Morgan fingerprint density at radius 3 is 2.50 bits per heavy atom. The lowest BCUT2D eigenvalue weighted by Crippen LogP contribution is -2.40. The molecular weight excluding hydrogens is 322 g/mol. The zero-order valence-corrected chi connectivity index (χ0v) is 13.9. The quantitative estimate of drug-likeness (QED) is 0.872. The van der Waals surface area contributed by atoms with E-state index >= 15 is 0 Å². The van der Waals surface area contributed by atoms with Gasteiger partial charge in [-0.1, -0.05) is 17.7 Å². The number of aromatic nitrogens is 1. The van der Waals surface area contributed by atoms with Crippen molar-refractivity contribution in [2.75, 3.05) is 6.54 Å². The second kappa shape index (κ2) is 6.89. The molecule has 8 heteroatoms. The van der Waals surface area contributed by atoms with Gasteiger partial charge in [-0.05, 0) is 26.0 Å². The molecule has 22 heavy (non-hydrogen) atoms. The highest BCUT2D eigenvalue weighted by Gasteiger charge is 2.16. The van der Waals surface area contributed by atoms with Gasteiger partial charge >= 0.3 is 6.03 Å². The van der Waals surface area contributed by atoms with Crippen molar-refractivity contribution in [1.29, 1.82) is 0 Å². The fourth-order valence-electron chi connectivity index (χ4n) is 1.75. The smallest absolute Gasteiger partial charge is 0.328 e. The highest BCUT2D eigenvalue weighted by molar-refractivity contribution is 7.90. The average molecular weight is 339 g/mol. The lowest BCUT2D eigenvalue weighted by atomic mass is 10.2. The largest absolute Gasteiger partial charge is 0.337 e. The number of sulfonamides is 1. The minimum absolute atomic E-state index is 0.0614. The highest BCUT2D eigenvalue weighted by atomic mass is 32.2. The predicted octanol–water partition coefficient (Wildman–Crippen LogP) is 1.99. The van der Waals surface area contributed by atoms with E-state index in [0.29, 0.717) is 13.0 Å². The SMILES string of the molecule is Cc1ccc(S(=O)(=O)NC(=O)NCCc2cnc(C)s2)cc1. The number of thiazole rings is 1. The molecule has 0 atom stereocenters. The Labute approximate surface area is 133 Å². The molecule has 118 valence electrons. The van der Waals surface area contributed by atoms with Crippen molar-refractivity contribution in [3.8, 4) is 0 Å². The molecule has 0 aliphatic carbocycles. The van der Waals surface area contributed by atoms with Gasteiger partial charge in [0.15, 0.2) is 0 Å². The third kappa shape index (κ3) is 4.54. The van der Waals surface area contributed by atoms with Gasteiger partial charge in [0.1, 0.15) is 0 Å². The van der Waals surface area contributed by atoms with E-state index in [1.807, 2.05) is 18.6 Å². The van der Waals surface area contributed by atoms with Gasteiger partial charge in [0, 0.05) is 24.0 Å². The summed E-state index contributed by atoms with van der Waals surface area (Å²) in [7, 11) is -3.84. The number of urea groups is 1. The van der Waals surface area contributed by atoms with Crippen LogP contribution in [0, 0.1) is 13.8 Å². The molecule has 0 bridgehead atoms. The minimum atomic E-state index is -3.84. The maximum Gasteiger partial charge on any atom is 0.328 e. The van der Waals surface area contributed by atoms with Crippen LogP contribution in [-0.4, -0.2) is 26.0 Å². The zero-order chi connectivity index (χ0) is 16.2. The summed E-state index contributed by atoms with van der Waals surface area (Å²) in [5, 5.41) is 3.49. The molecule has 0 spiro atoms. The topological polar surface area (TPSA) is 88.2 Å². The van der Waals surface area contributed by atoms with Crippen LogP contribution in [-0.2, 0) is 16.4 Å². The highest BCUT2D eigenvalue weighted by Crippen LogP contribution is 2.11. The van der Waals surface area contributed by atoms with Gasteiger partial charge in [-0.15, -0.1) is 11.3 Å². The number of aryl methyl sites for hydroxylation is 2. The van der Waals surface area contributed by atoms with Crippen molar-refractivity contribution in [2.45, 2.75) is 25.2 Å². The maximum atomic E-state index is 12.0. The fraction of sp³-hybridized carbons (Fsp3) is 0.286. The Hall–Kier alpha value is -1.93. The standard InChI is InChI=1S/C14H17N3O3S2/c1-10-3-5-13(6-4-10)22(19,20)17-14(18)15-8-7-12-9-16-11(2)21-12/h3-6,9H,7-8H2,1-2H3,(H2,15,17,18). The molecule has 0 unspecified atom stereocenters. The molecule has 1 heterocycles. The average Bonchev–Trinajstić information content (AvgIpc) is 2.84. The Morgan fingerprint density at radius 1 is 1.23 bits per heavy atom. The molecule has 0 radical (unpaired) electrons. The maximum absolute atomic E-state index is 12.0. The van der Waals surface area contributed by atoms with Crippen molar-refractivity contribution in [3.63, 3.8) is 0 Å². The van der Waals surface area contributed by atoms with Crippen molar-refractivity contribution < 1.29 is 13.2 Å². The summed E-state index contributed by atoms with van der Waals surface area (Å²) in [6.45, 7) is 4.11. The number of carbonyl (C=O) groups is 1. The summed E-state index contributed by atoms with van der Waals surface area (Å²) >= 11 is 1.55. The van der Waals surface area contributed by atoms with Gasteiger partial charge in [-0.2, -0.15) is 0 Å². The van der Waals surface area contributed by atoms with E-state index in [2.05, 4.69) is 10.3 Å². The van der Waals surface area contributed by atoms with Gasteiger partial charge in [0.2, 0.25) is 0 Å². The normalized spacial score (nSPS) is 11.2. The number of rotatable bonds is 5. The molecule has 0 aliphatic heterocycles. The summed E-state index contributed by atoms with van der Waals surface area (Å²) in [6, 6.07) is 5.55. The van der Waals surface area contributed by atoms with Crippen molar-refractivity contribution >= 4 is 27.4 Å². The Kier molecular flexibility index (Phi) is 5.15. The molecule has 2 aromatic rings. The first-order valence-corrected chi connectivity index (χ1v) is 8.95. The minimum Gasteiger partial charge on any atom is -0.337 e. The van der Waals surface area contributed by atoms with Crippen LogP contribution in [0.15, 0.2) is 35.4 Å². The van der Waals surface area contributed by atoms with Crippen LogP contribution < -0.4 is 10.0 Å². The number of hydrogen-bond acceptors (Lipinski definition) is 5. The third-order valence-electron chi connectivity index (χ3n) is 2.88. The van der Waals surface area contributed by atoms with Crippen LogP contribution in [0.5, 0.6) is 0 Å². The molecule has 0 saturated carbocycles. The van der Waals surface area contributed by atoms with Gasteiger partial charge in [-0.3, -0.25) is 0 Å². The molecule has 6 nitrogen and oxygen atoms in total. The number of nitrogens with one attached hydrogen (secondary N) is 2. The number of carbonyl (C=O) groups excluding carboxylic acids is 1. The first-order chi connectivity index (χ1) is 10.4. The first-order valence-electron chi connectivity index (χ1n) is 6.65. The zero-order valence-electron chi connectivity index (χ0n) is 12.3. The molecule has 2 rings (SSSR count). The number of amides is 2. The van der Waals surface area contributed by atoms with Crippen molar-refractivity contribution in [2.24, 2.45) is 0 Å². The van der Waals surface area contributed by atoms with E-state index in [-0.39, 0.29) is 4.90 Å². The van der Waals surface area contributed by atoms with Crippen LogP contribution in [0.3, 0.4) is 0 Å². The number of nitrogens with zero attached hydrogens (tertiary/aromatic N) is 1. The van der Waals surface area contributed by atoms with Gasteiger partial charge in [0.25, 0.3) is 10.0 Å². The molecule has 1 aromatic heterocycles. The van der Waals surface area contributed by atoms with Gasteiger partial charge < -0.3 is 5.32 Å². The van der Waals surface area contributed by atoms with E-state index in [1.165, 1.54) is 12.1 Å². The van der Waals surface area contributed by atoms with Crippen LogP contribution in [0.25, 0.3) is 0 Å². The summed E-state index contributed by atoms with van der Waals surface area (Å²) in [4.78, 5) is 16.9. The molecule has 0 saturated heterocycles. The summed E-state index contributed by atoms with van der Waals surface area (Å²) in [5.74, 6) is 0. The fourth-order valence-corrected chi connectivity index (χ4v) is 3.48. The van der Waals surface area contributed by atoms with E-state index in [0.717, 1.165) is 15.4 Å². The Bertz CT molecular complexity index is 752. The lowest BCUT2D eigenvalue weighted by molar-refractivity contribution is 0.246. The van der Waals surface area contributed by atoms with E-state index in [4.69, 9.17) is 0 Å². The molecule has 0 fully saturated rings. The molecule has 2 amide bonds. The second-order valence-electron chi connectivity index (χ2n) is 4.77. The number of benzene rings is 1. The van der Waals surface area contributed by atoms with Gasteiger partial charge in [0.05, 0.1) is 9.90 Å². The Balaban J connectivity index is 1.86. The molecule has 1 aromatic carbocycles. The molecular formula is C14H17N3O3S2. The monoisotopic (exact) mass is 339 g/mol. The van der Waals surface area contributed by atoms with E-state index < -0.39 is 16.1 Å². The summed E-state index contributed by atoms with van der Waals surface area (Å²) in [6.07, 6.45) is 2.37. The second-order valence-corrected chi connectivity index (χ2v) is 7.77. The van der Waals surface area contributed by atoms with Crippen LogP contribution in [0.1, 0.15) is 15.4 Å². The Morgan fingerprint density at radius 2 is 1.91 bits per heavy atom. The van der Waals surface area contributed by atoms with E-state index in [1.54, 1.807) is 29.7 Å². The molecule has 2 N–H and O–H groups in total. The first kappa shape index (κ1) is 16.4. The van der Waals surface area contributed by atoms with E-state index in [9.17, 15) is 13.2 Å². The van der Waals surface area contributed by atoms with Crippen molar-refractivity contribution in [1.82, 2.24) is 15.0 Å². The predicted molar refractivity (Wildman–Crippen MR) is 85.5 cm³/mol. The third-order valence-corrected chi connectivity index (χ3v) is 5.20. The summed E-state index contributed by atoms with van der Waals surface area (Å²) < 4.78 is 26.0. The van der Waals surface area contributed by atoms with Crippen LogP contribution in [0.2, 0.25) is 0 Å². The van der Waals surface area contributed by atoms with Gasteiger partial charge in [-0.25, -0.2) is 22.9 Å². The summed E-state index contributed by atoms with van der Waals surface area (Å²) in [5.41, 5.74) is 0.947.